The van der Waals surface area contributed by atoms with Gasteiger partial charge in [-0.1, -0.05) is 31.9 Å². The third kappa shape index (κ3) is 6.83. The molecule has 0 atom stereocenters. The summed E-state index contributed by atoms with van der Waals surface area (Å²) in [4.78, 5) is 22.9. The van der Waals surface area contributed by atoms with E-state index < -0.39 is 0 Å². The zero-order valence-corrected chi connectivity index (χ0v) is 18.9. The van der Waals surface area contributed by atoms with E-state index in [9.17, 15) is 4.79 Å². The van der Waals surface area contributed by atoms with Gasteiger partial charge in [0.15, 0.2) is 5.96 Å². The quantitative estimate of drug-likeness (QED) is 0.415. The van der Waals surface area contributed by atoms with E-state index >= 15 is 0 Å². The van der Waals surface area contributed by atoms with Gasteiger partial charge in [-0.3, -0.25) is 4.79 Å². The molecule has 2 aromatic rings. The second kappa shape index (κ2) is 11.7. The molecule has 1 aliphatic carbocycles. The largest absolute Gasteiger partial charge is 0.357 e. The number of guanidine groups is 1. The molecule has 0 unspecified atom stereocenters. The zero-order valence-electron chi connectivity index (χ0n) is 18.0. The average Bonchev–Trinajstić information content (AvgIpc) is 3.44. The van der Waals surface area contributed by atoms with Crippen LogP contribution in [0.15, 0.2) is 35.5 Å². The normalized spacial score (nSPS) is 14.7. The van der Waals surface area contributed by atoms with Gasteiger partial charge >= 0.3 is 0 Å². The minimum atomic E-state index is 0.150. The summed E-state index contributed by atoms with van der Waals surface area (Å²) in [5, 5.41) is 10.9. The maximum absolute atomic E-state index is 12.4. The maximum atomic E-state index is 12.4. The Balaban J connectivity index is 1.52. The van der Waals surface area contributed by atoms with Crippen LogP contribution in [0.3, 0.4) is 0 Å². The summed E-state index contributed by atoms with van der Waals surface area (Å²) in [6.07, 6.45) is 8.23. The molecule has 0 bridgehead atoms. The number of carbonyl (C=O) groups excluding carboxylic acids is 1. The van der Waals surface area contributed by atoms with Crippen LogP contribution in [0.2, 0.25) is 0 Å². The monoisotopic (exact) mass is 427 g/mol. The molecule has 0 aliphatic heterocycles. The molecule has 1 heterocycles. The van der Waals surface area contributed by atoms with Gasteiger partial charge < -0.3 is 16.0 Å². The van der Waals surface area contributed by atoms with Crippen molar-refractivity contribution in [3.63, 3.8) is 0 Å². The van der Waals surface area contributed by atoms with Crippen LogP contribution in [0, 0.1) is 5.92 Å². The van der Waals surface area contributed by atoms with Crippen LogP contribution in [-0.4, -0.2) is 29.9 Å². The van der Waals surface area contributed by atoms with Crippen molar-refractivity contribution in [2.45, 2.75) is 58.9 Å². The van der Waals surface area contributed by atoms with Crippen molar-refractivity contribution >= 4 is 28.9 Å². The summed E-state index contributed by atoms with van der Waals surface area (Å²) in [5.41, 5.74) is 1.93. The standard InChI is InChI=1S/C23H33N5OS/c1-3-20-16-26-21(30-20)12-13-25-23(24-4-2)27-15-17-8-7-11-19(14-17)28-22(29)18-9-5-6-10-18/h7-8,11,14,16,18H,3-6,9-10,12-13,15H2,1-2H3,(H,28,29)(H2,24,25,27). The minimum absolute atomic E-state index is 0.150. The number of hydrogen-bond donors (Lipinski definition) is 3. The third-order valence-corrected chi connectivity index (χ3v) is 6.47. The van der Waals surface area contributed by atoms with Gasteiger partial charge in [-0.15, -0.1) is 11.3 Å². The lowest BCUT2D eigenvalue weighted by Gasteiger charge is -2.12. The molecule has 1 amide bonds. The van der Waals surface area contributed by atoms with Crippen LogP contribution < -0.4 is 16.0 Å². The Hall–Kier alpha value is -2.41. The lowest BCUT2D eigenvalue weighted by molar-refractivity contribution is -0.119. The van der Waals surface area contributed by atoms with E-state index in [4.69, 9.17) is 4.99 Å². The van der Waals surface area contributed by atoms with Crippen molar-refractivity contribution in [1.82, 2.24) is 15.6 Å². The van der Waals surface area contributed by atoms with Crippen LogP contribution in [0.4, 0.5) is 5.69 Å². The zero-order chi connectivity index (χ0) is 21.2. The predicted octanol–water partition coefficient (Wildman–Crippen LogP) is 4.13. The average molecular weight is 428 g/mol. The summed E-state index contributed by atoms with van der Waals surface area (Å²) in [6, 6.07) is 7.98. The van der Waals surface area contributed by atoms with Gasteiger partial charge in [0.1, 0.15) is 0 Å². The Bertz CT molecular complexity index is 842. The van der Waals surface area contributed by atoms with Gasteiger partial charge in [-0.05, 0) is 43.9 Å². The number of aryl methyl sites for hydroxylation is 1. The van der Waals surface area contributed by atoms with Gasteiger partial charge in [-0.25, -0.2) is 9.98 Å². The van der Waals surface area contributed by atoms with E-state index in [1.54, 1.807) is 11.3 Å². The SMILES string of the molecule is CCNC(=NCc1cccc(NC(=O)C2CCCC2)c1)NCCc1ncc(CC)s1. The Morgan fingerprint density at radius 1 is 1.23 bits per heavy atom. The number of nitrogens with zero attached hydrogens (tertiary/aromatic N) is 2. The van der Waals surface area contributed by atoms with Crippen molar-refractivity contribution in [3.8, 4) is 0 Å². The van der Waals surface area contributed by atoms with E-state index in [2.05, 4.69) is 34.8 Å². The molecule has 1 aromatic carbocycles. The van der Waals surface area contributed by atoms with Gasteiger partial charge in [0.05, 0.1) is 11.6 Å². The first-order chi connectivity index (χ1) is 14.7. The Morgan fingerprint density at radius 2 is 2.07 bits per heavy atom. The van der Waals surface area contributed by atoms with Gasteiger partial charge in [0.2, 0.25) is 5.91 Å². The lowest BCUT2D eigenvalue weighted by atomic mass is 10.1. The first-order valence-electron chi connectivity index (χ1n) is 11.0. The molecule has 1 aliphatic rings. The smallest absolute Gasteiger partial charge is 0.227 e. The molecule has 0 spiro atoms. The number of carbonyl (C=O) groups is 1. The summed E-state index contributed by atoms with van der Waals surface area (Å²) >= 11 is 1.78. The van der Waals surface area contributed by atoms with E-state index in [1.807, 2.05) is 30.5 Å². The molecule has 3 N–H and O–H groups in total. The van der Waals surface area contributed by atoms with Gasteiger partial charge in [-0.2, -0.15) is 0 Å². The molecule has 0 radical (unpaired) electrons. The minimum Gasteiger partial charge on any atom is -0.357 e. The summed E-state index contributed by atoms with van der Waals surface area (Å²) in [6.45, 7) is 6.37. The summed E-state index contributed by atoms with van der Waals surface area (Å²) in [7, 11) is 0. The van der Waals surface area contributed by atoms with E-state index in [0.717, 1.165) is 73.8 Å². The molecule has 162 valence electrons. The number of amides is 1. The number of nitrogens with one attached hydrogen (secondary N) is 3. The topological polar surface area (TPSA) is 78.4 Å². The van der Waals surface area contributed by atoms with Crippen molar-refractivity contribution in [1.29, 1.82) is 0 Å². The third-order valence-electron chi connectivity index (χ3n) is 5.27. The number of aliphatic imine (C=N–C) groups is 1. The highest BCUT2D eigenvalue weighted by Crippen LogP contribution is 2.26. The van der Waals surface area contributed by atoms with E-state index in [0.29, 0.717) is 6.54 Å². The van der Waals surface area contributed by atoms with Crippen LogP contribution in [0.1, 0.15) is 55.0 Å². The number of thiazole rings is 1. The van der Waals surface area contributed by atoms with Crippen molar-refractivity contribution in [2.24, 2.45) is 10.9 Å². The highest BCUT2D eigenvalue weighted by atomic mass is 32.1. The number of aromatic nitrogens is 1. The second-order valence-electron chi connectivity index (χ2n) is 7.62. The number of anilines is 1. The molecular formula is C23H33N5OS. The predicted molar refractivity (Wildman–Crippen MR) is 125 cm³/mol. The van der Waals surface area contributed by atoms with Gasteiger partial charge in [0, 0.05) is 42.2 Å². The van der Waals surface area contributed by atoms with E-state index in [1.165, 1.54) is 4.88 Å². The van der Waals surface area contributed by atoms with Crippen molar-refractivity contribution < 1.29 is 4.79 Å². The Labute approximate surface area is 183 Å². The fraction of sp³-hybridized carbons (Fsp3) is 0.522. The molecule has 1 fully saturated rings. The molecule has 1 aromatic heterocycles. The summed E-state index contributed by atoms with van der Waals surface area (Å²) < 4.78 is 0. The molecule has 3 rings (SSSR count). The Kier molecular flexibility index (Phi) is 8.68. The van der Waals surface area contributed by atoms with Crippen molar-refractivity contribution in [3.05, 3.63) is 45.9 Å². The van der Waals surface area contributed by atoms with Crippen LogP contribution in [-0.2, 0) is 24.2 Å². The van der Waals surface area contributed by atoms with E-state index in [-0.39, 0.29) is 11.8 Å². The summed E-state index contributed by atoms with van der Waals surface area (Å²) in [5.74, 6) is 1.12. The molecule has 1 saturated carbocycles. The number of rotatable bonds is 9. The van der Waals surface area contributed by atoms with Crippen molar-refractivity contribution in [2.75, 3.05) is 18.4 Å². The number of benzene rings is 1. The fourth-order valence-electron chi connectivity index (χ4n) is 3.61. The second-order valence-corrected chi connectivity index (χ2v) is 8.82. The highest BCUT2D eigenvalue weighted by Gasteiger charge is 2.22. The number of hydrogen-bond acceptors (Lipinski definition) is 4. The highest BCUT2D eigenvalue weighted by molar-refractivity contribution is 7.11. The van der Waals surface area contributed by atoms with Crippen LogP contribution in [0.5, 0.6) is 0 Å². The Morgan fingerprint density at radius 3 is 2.80 bits per heavy atom. The molecule has 7 heteroatoms. The van der Waals surface area contributed by atoms with Gasteiger partial charge in [0.25, 0.3) is 0 Å². The molecule has 6 nitrogen and oxygen atoms in total. The molecular weight excluding hydrogens is 394 g/mol. The fourth-order valence-corrected chi connectivity index (χ4v) is 4.47. The maximum Gasteiger partial charge on any atom is 0.227 e. The van der Waals surface area contributed by atoms with Crippen LogP contribution in [0.25, 0.3) is 0 Å². The molecule has 0 saturated heterocycles. The van der Waals surface area contributed by atoms with Crippen LogP contribution >= 0.6 is 11.3 Å². The molecule has 30 heavy (non-hydrogen) atoms. The first kappa shape index (κ1) is 22.3. The first-order valence-corrected chi connectivity index (χ1v) is 11.8. The lowest BCUT2D eigenvalue weighted by Crippen LogP contribution is -2.38.